The Morgan fingerprint density at radius 1 is 1.06 bits per heavy atom. The van der Waals surface area contributed by atoms with E-state index in [1.165, 1.54) is 21.0 Å². The lowest BCUT2D eigenvalue weighted by atomic mass is 9.66. The quantitative estimate of drug-likeness (QED) is 0.113. The molecule has 0 aliphatic carbocycles. The van der Waals surface area contributed by atoms with E-state index in [1.807, 2.05) is 25.9 Å². The number of cyclic esters (lactones) is 1. The number of ether oxygens (including phenoxy) is 4. The van der Waals surface area contributed by atoms with Gasteiger partial charge in [-0.3, -0.25) is 4.79 Å². The normalized spacial score (nSPS) is 46.1. The van der Waals surface area contributed by atoms with Crippen molar-refractivity contribution in [2.24, 2.45) is 23.7 Å². The van der Waals surface area contributed by atoms with Gasteiger partial charge in [-0.1, -0.05) is 26.8 Å². The molecule has 2 rings (SSSR count). The van der Waals surface area contributed by atoms with Crippen LogP contribution in [0.3, 0.4) is 0 Å². The van der Waals surface area contributed by atoms with Crippen molar-refractivity contribution in [2.45, 2.75) is 147 Å². The van der Waals surface area contributed by atoms with Gasteiger partial charge in [0.1, 0.15) is 17.8 Å². The van der Waals surface area contributed by atoms with Crippen LogP contribution >= 0.6 is 0 Å². The highest BCUT2D eigenvalue weighted by Gasteiger charge is 2.56. The van der Waals surface area contributed by atoms with Crippen molar-refractivity contribution in [3.05, 3.63) is 12.7 Å². The Morgan fingerprint density at radius 2 is 1.68 bits per heavy atom. The maximum Gasteiger partial charge on any atom is 0.311 e. The topological polar surface area (TPSA) is 170 Å². The number of hydrogen-bond acceptors (Lipinski definition) is 12. The summed E-state index contributed by atoms with van der Waals surface area (Å²) in [5.41, 5.74) is -4.81. The molecule has 2 unspecified atom stereocenters. The molecule has 12 heteroatoms. The van der Waals surface area contributed by atoms with Gasteiger partial charge in [-0.05, 0) is 86.9 Å². The van der Waals surface area contributed by atoms with Crippen molar-refractivity contribution in [3.8, 4) is 0 Å². The number of carbonyl (C=O) groups excluding carboxylic acids is 1. The van der Waals surface area contributed by atoms with E-state index in [2.05, 4.69) is 11.9 Å². The molecule has 0 saturated carbocycles. The third kappa shape index (κ3) is 9.53. The molecule has 47 heavy (non-hydrogen) atoms. The number of carbonyl (C=O) groups is 1. The largest absolute Gasteiger partial charge is 0.459 e. The first-order valence-corrected chi connectivity index (χ1v) is 17.2. The SMILES string of the molecule is C=CCNCC[C@H]1C(C)(O)C(O)[C@H](C)C[C@@](C)(OC)[C@H](O[C@@H]2O[C@H](C)C[C@H](N(C)C)[C@H]2O)[C@H](C)[C@@H](O)[C@@H](C)C(=O)O[C@H](CC)[C@@]1(C)O. The Morgan fingerprint density at radius 3 is 2.21 bits per heavy atom. The van der Waals surface area contributed by atoms with E-state index in [-0.39, 0.29) is 31.4 Å². The number of nitrogens with zero attached hydrogens (tertiary/aromatic N) is 1. The molecule has 0 aromatic rings. The minimum absolute atomic E-state index is 0.150. The highest BCUT2D eigenvalue weighted by atomic mass is 16.7. The summed E-state index contributed by atoms with van der Waals surface area (Å²) in [6.07, 6.45) is -4.05. The molecule has 0 aromatic heterocycles. The number of aliphatic hydroxyl groups is 5. The predicted octanol–water partition coefficient (Wildman–Crippen LogP) is 1.84. The standard InChI is InChI=1S/C35H66N2O10/c1-13-16-36-17-15-25-34(8,42)26(14-2)46-31(41)23(6)27(38)22(5)30(33(7,44-12)19-20(3)29(40)35(25,9)43)47-32-28(39)24(37(10)11)18-21(4)45-32/h13,20-30,32,36,38-40,42-43H,1,14-19H2,2-12H3/t20-,21-,22-,23-,24+,25-,26-,27-,28-,29?,30-,32+,33-,34+,35?/m1/s1. The summed E-state index contributed by atoms with van der Waals surface area (Å²) < 4.78 is 24.8. The van der Waals surface area contributed by atoms with Gasteiger partial charge in [0.05, 0.1) is 41.5 Å². The van der Waals surface area contributed by atoms with Crippen LogP contribution in [0.4, 0.5) is 0 Å². The zero-order valence-electron chi connectivity index (χ0n) is 30.7. The smallest absolute Gasteiger partial charge is 0.311 e. The molecule has 15 atom stereocenters. The van der Waals surface area contributed by atoms with Gasteiger partial charge in [0, 0.05) is 31.5 Å². The summed E-state index contributed by atoms with van der Waals surface area (Å²) in [4.78, 5) is 15.6. The van der Waals surface area contributed by atoms with Gasteiger partial charge in [0.15, 0.2) is 6.29 Å². The lowest BCUT2D eigenvalue weighted by Crippen LogP contribution is -2.63. The molecule has 0 bridgehead atoms. The number of hydrogen-bond donors (Lipinski definition) is 6. The number of likely N-dealkylation sites (N-methyl/N-ethyl adjacent to an activating group) is 1. The van der Waals surface area contributed by atoms with E-state index >= 15 is 0 Å². The average Bonchev–Trinajstić information content (AvgIpc) is 3.00. The first-order chi connectivity index (χ1) is 21.7. The molecule has 0 spiro atoms. The van der Waals surface area contributed by atoms with E-state index in [4.69, 9.17) is 18.9 Å². The monoisotopic (exact) mass is 674 g/mol. The number of aliphatic hydroxyl groups excluding tert-OH is 3. The summed E-state index contributed by atoms with van der Waals surface area (Å²) in [6, 6.07) is -0.252. The van der Waals surface area contributed by atoms with Crippen LogP contribution < -0.4 is 5.32 Å². The van der Waals surface area contributed by atoms with E-state index < -0.39 is 83.3 Å². The zero-order valence-corrected chi connectivity index (χ0v) is 30.7. The Hall–Kier alpha value is -1.19. The summed E-state index contributed by atoms with van der Waals surface area (Å²) in [7, 11) is 5.26. The van der Waals surface area contributed by atoms with Gasteiger partial charge in [0.2, 0.25) is 0 Å². The number of methoxy groups -OCH3 is 1. The Kier molecular flexibility index (Phi) is 15.3. The van der Waals surface area contributed by atoms with Gasteiger partial charge < -0.3 is 54.7 Å². The molecular weight excluding hydrogens is 608 g/mol. The van der Waals surface area contributed by atoms with Crippen molar-refractivity contribution in [1.82, 2.24) is 10.2 Å². The molecule has 0 radical (unpaired) electrons. The first kappa shape index (κ1) is 42.0. The number of rotatable bonds is 10. The summed E-state index contributed by atoms with van der Waals surface area (Å²) >= 11 is 0. The van der Waals surface area contributed by atoms with Crippen LogP contribution in [0.1, 0.15) is 81.1 Å². The summed E-state index contributed by atoms with van der Waals surface area (Å²) in [5, 5.41) is 62.3. The van der Waals surface area contributed by atoms with Crippen molar-refractivity contribution in [2.75, 3.05) is 34.3 Å². The molecular formula is C35H66N2O10. The molecule has 276 valence electrons. The Bertz CT molecular complexity index is 995. The van der Waals surface area contributed by atoms with Gasteiger partial charge >= 0.3 is 5.97 Å². The summed E-state index contributed by atoms with van der Waals surface area (Å²) in [6.45, 7) is 18.2. The van der Waals surface area contributed by atoms with Crippen LogP contribution in [0.2, 0.25) is 0 Å². The van der Waals surface area contributed by atoms with Crippen LogP contribution in [-0.4, -0.2) is 136 Å². The molecule has 0 aromatic carbocycles. The minimum atomic E-state index is -1.85. The molecule has 2 heterocycles. The van der Waals surface area contributed by atoms with Crippen LogP contribution in [0.25, 0.3) is 0 Å². The highest BCUT2D eigenvalue weighted by Crippen LogP contribution is 2.43. The second-order valence-corrected chi connectivity index (χ2v) is 15.0. The maximum absolute atomic E-state index is 13.7. The molecule has 2 aliphatic heterocycles. The van der Waals surface area contributed by atoms with E-state index in [9.17, 15) is 30.3 Å². The fraction of sp³-hybridized carbons (Fsp3) is 0.914. The maximum atomic E-state index is 13.7. The van der Waals surface area contributed by atoms with Gasteiger partial charge in [-0.25, -0.2) is 0 Å². The van der Waals surface area contributed by atoms with E-state index in [0.717, 1.165) is 0 Å². The minimum Gasteiger partial charge on any atom is -0.459 e. The number of nitrogens with one attached hydrogen (secondary N) is 1. The van der Waals surface area contributed by atoms with Crippen LogP contribution in [-0.2, 0) is 23.7 Å². The predicted molar refractivity (Wildman–Crippen MR) is 179 cm³/mol. The van der Waals surface area contributed by atoms with Crippen molar-refractivity contribution in [3.63, 3.8) is 0 Å². The third-order valence-electron chi connectivity index (χ3n) is 11.0. The third-order valence-corrected chi connectivity index (χ3v) is 11.0. The van der Waals surface area contributed by atoms with Crippen molar-refractivity contribution in [1.29, 1.82) is 0 Å². The molecule has 0 amide bonds. The second-order valence-electron chi connectivity index (χ2n) is 15.0. The van der Waals surface area contributed by atoms with Gasteiger partial charge in [-0.15, -0.1) is 6.58 Å². The lowest BCUT2D eigenvalue weighted by Gasteiger charge is -2.51. The molecule has 2 fully saturated rings. The van der Waals surface area contributed by atoms with Crippen LogP contribution in [0.15, 0.2) is 12.7 Å². The van der Waals surface area contributed by atoms with Crippen LogP contribution in [0, 0.1) is 23.7 Å². The van der Waals surface area contributed by atoms with Crippen molar-refractivity contribution >= 4 is 5.97 Å². The Labute approximate surface area is 282 Å². The average molecular weight is 675 g/mol. The second kappa shape index (κ2) is 17.2. The fourth-order valence-corrected chi connectivity index (χ4v) is 7.96. The van der Waals surface area contributed by atoms with Gasteiger partial charge in [-0.2, -0.15) is 0 Å². The first-order valence-electron chi connectivity index (χ1n) is 17.2. The number of esters is 1. The molecule has 6 N–H and O–H groups in total. The molecule has 12 nitrogen and oxygen atoms in total. The molecule has 2 saturated heterocycles. The fourth-order valence-electron chi connectivity index (χ4n) is 7.96. The Balaban J connectivity index is 2.68. The highest BCUT2D eigenvalue weighted by molar-refractivity contribution is 5.73. The summed E-state index contributed by atoms with van der Waals surface area (Å²) in [5.74, 6) is -4.07. The van der Waals surface area contributed by atoms with E-state index in [0.29, 0.717) is 19.5 Å². The lowest BCUT2D eigenvalue weighted by molar-refractivity contribution is -0.303. The van der Waals surface area contributed by atoms with Gasteiger partial charge in [0.25, 0.3) is 0 Å². The zero-order chi connectivity index (χ0) is 36.1. The van der Waals surface area contributed by atoms with E-state index in [1.54, 1.807) is 40.7 Å². The molecule has 2 aliphatic rings. The van der Waals surface area contributed by atoms with Crippen molar-refractivity contribution < 1.29 is 49.3 Å². The van der Waals surface area contributed by atoms with Crippen LogP contribution in [0.5, 0.6) is 0 Å².